The fourth-order valence-electron chi connectivity index (χ4n) is 1.63. The molecule has 0 aliphatic carbocycles. The molecular weight excluding hydrogens is 299 g/mol. The Morgan fingerprint density at radius 3 is 2.71 bits per heavy atom. The highest BCUT2D eigenvalue weighted by molar-refractivity contribution is 7.84. The molecule has 2 N–H and O–H groups in total. The van der Waals surface area contributed by atoms with E-state index >= 15 is 0 Å². The molecule has 1 aromatic carbocycles. The van der Waals surface area contributed by atoms with Gasteiger partial charge in [-0.15, -0.1) is 0 Å². The van der Waals surface area contributed by atoms with E-state index in [2.05, 4.69) is 5.32 Å². The van der Waals surface area contributed by atoms with Crippen molar-refractivity contribution >= 4 is 22.7 Å². The number of carboxylic acid groups (broad SMARTS) is 1. The van der Waals surface area contributed by atoms with Crippen LogP contribution in [0.25, 0.3) is 0 Å². The van der Waals surface area contributed by atoms with Crippen LogP contribution in [0.15, 0.2) is 18.2 Å². The van der Waals surface area contributed by atoms with Gasteiger partial charge in [0.2, 0.25) is 5.91 Å². The second-order valence-electron chi connectivity index (χ2n) is 4.26. The molecule has 21 heavy (non-hydrogen) atoms. The monoisotopic (exact) mass is 312 g/mol. The van der Waals surface area contributed by atoms with Crippen molar-refractivity contribution in [3.8, 4) is 6.07 Å². The normalized spacial score (nSPS) is 13.0. The molecule has 0 fully saturated rings. The smallest absolute Gasteiger partial charge is 0.327 e. The number of carbonyl (C=O) groups excluding carboxylic acids is 1. The van der Waals surface area contributed by atoms with E-state index in [4.69, 9.17) is 10.4 Å². The number of nitrogens with zero attached hydrogens (tertiary/aromatic N) is 1. The van der Waals surface area contributed by atoms with Crippen LogP contribution in [0.3, 0.4) is 0 Å². The third kappa shape index (κ3) is 5.31. The molecule has 0 saturated heterocycles. The molecule has 0 aliphatic heterocycles. The first-order valence-corrected chi connectivity index (χ1v) is 7.35. The number of carbonyl (C=O) groups is 2. The summed E-state index contributed by atoms with van der Waals surface area (Å²) in [4.78, 5) is 21.8. The maximum absolute atomic E-state index is 13.1. The predicted octanol–water partition coefficient (Wildman–Crippen LogP) is 0.535. The molecule has 0 heterocycles. The average Bonchev–Trinajstić information content (AvgIpc) is 2.37. The molecular formula is C13H13FN2O4S. The number of rotatable bonds is 6. The fourth-order valence-corrected chi connectivity index (χ4v) is 2.93. The summed E-state index contributed by atoms with van der Waals surface area (Å²) >= 11 is 0. The molecule has 0 radical (unpaired) electrons. The maximum atomic E-state index is 13.1. The highest BCUT2D eigenvalue weighted by atomic mass is 32.2. The van der Waals surface area contributed by atoms with E-state index < -0.39 is 34.5 Å². The summed E-state index contributed by atoms with van der Waals surface area (Å²) in [6, 6.07) is 4.03. The first-order chi connectivity index (χ1) is 9.83. The van der Waals surface area contributed by atoms with Gasteiger partial charge in [0, 0.05) is 17.7 Å². The van der Waals surface area contributed by atoms with Gasteiger partial charge in [0.25, 0.3) is 0 Å². The van der Waals surface area contributed by atoms with Crippen molar-refractivity contribution in [3.63, 3.8) is 0 Å². The van der Waals surface area contributed by atoms with E-state index in [1.165, 1.54) is 6.07 Å². The quantitative estimate of drug-likeness (QED) is 0.797. The lowest BCUT2D eigenvalue weighted by Gasteiger charge is -2.13. The largest absolute Gasteiger partial charge is 0.480 e. The Bertz CT molecular complexity index is 627. The summed E-state index contributed by atoms with van der Waals surface area (Å²) in [5.41, 5.74) is 0.416. The zero-order chi connectivity index (χ0) is 16.0. The van der Waals surface area contributed by atoms with Gasteiger partial charge in [0.1, 0.15) is 11.9 Å². The minimum atomic E-state index is -1.67. The zero-order valence-corrected chi connectivity index (χ0v) is 11.9. The van der Waals surface area contributed by atoms with Gasteiger partial charge in [-0.25, -0.2) is 9.18 Å². The van der Waals surface area contributed by atoms with Crippen molar-refractivity contribution in [2.45, 2.75) is 18.7 Å². The zero-order valence-electron chi connectivity index (χ0n) is 11.1. The summed E-state index contributed by atoms with van der Waals surface area (Å²) in [6.07, 6.45) is 0. The molecule has 2 atom stereocenters. The van der Waals surface area contributed by atoms with Crippen molar-refractivity contribution in [2.24, 2.45) is 0 Å². The maximum Gasteiger partial charge on any atom is 0.327 e. The van der Waals surface area contributed by atoms with E-state index in [9.17, 15) is 18.2 Å². The van der Waals surface area contributed by atoms with Crippen LogP contribution in [0.5, 0.6) is 0 Å². The fraction of sp³-hybridized carbons (Fsp3) is 0.308. The molecule has 1 unspecified atom stereocenters. The van der Waals surface area contributed by atoms with Crippen molar-refractivity contribution in [1.82, 2.24) is 5.32 Å². The lowest BCUT2D eigenvalue weighted by Crippen LogP contribution is -2.43. The topological polar surface area (TPSA) is 107 Å². The molecule has 1 aromatic rings. The lowest BCUT2D eigenvalue weighted by molar-refractivity contribution is -0.140. The summed E-state index contributed by atoms with van der Waals surface area (Å²) in [5.74, 6) is -2.92. The Balaban J connectivity index is 2.81. The van der Waals surface area contributed by atoms with Crippen molar-refractivity contribution in [3.05, 3.63) is 35.1 Å². The van der Waals surface area contributed by atoms with Crippen LogP contribution >= 0.6 is 0 Å². The number of hydrogen-bond acceptors (Lipinski definition) is 4. The summed E-state index contributed by atoms with van der Waals surface area (Å²) in [7, 11) is -1.67. The molecule has 0 bridgehead atoms. The van der Waals surface area contributed by atoms with Crippen LogP contribution < -0.4 is 5.32 Å². The van der Waals surface area contributed by atoms with E-state index in [1.54, 1.807) is 0 Å². The number of halogens is 1. The van der Waals surface area contributed by atoms with Gasteiger partial charge in [0.05, 0.1) is 23.1 Å². The minimum Gasteiger partial charge on any atom is -0.480 e. The average molecular weight is 312 g/mol. The second kappa shape index (κ2) is 7.50. The number of nitriles is 1. The van der Waals surface area contributed by atoms with Gasteiger partial charge in [-0.05, 0) is 23.8 Å². The molecule has 1 amide bonds. The van der Waals surface area contributed by atoms with Crippen LogP contribution in [-0.2, 0) is 26.1 Å². The lowest BCUT2D eigenvalue weighted by atomic mass is 10.1. The number of benzene rings is 1. The van der Waals surface area contributed by atoms with Crippen molar-refractivity contribution < 1.29 is 23.3 Å². The number of amides is 1. The van der Waals surface area contributed by atoms with E-state index in [0.29, 0.717) is 0 Å². The van der Waals surface area contributed by atoms with Gasteiger partial charge in [0.15, 0.2) is 0 Å². The number of carboxylic acids is 1. The SMILES string of the molecule is CC(=O)N[C@@H](CS(=O)Cc1cc(F)ccc1C#N)C(=O)O. The van der Waals surface area contributed by atoms with Crippen LogP contribution in [0, 0.1) is 17.1 Å². The summed E-state index contributed by atoms with van der Waals surface area (Å²) in [6.45, 7) is 1.15. The summed E-state index contributed by atoms with van der Waals surface area (Å²) in [5, 5.41) is 20.0. The molecule has 0 saturated carbocycles. The molecule has 0 spiro atoms. The molecule has 0 aromatic heterocycles. The Morgan fingerprint density at radius 2 is 2.19 bits per heavy atom. The van der Waals surface area contributed by atoms with Gasteiger partial charge >= 0.3 is 5.97 Å². The molecule has 1 rings (SSSR count). The second-order valence-corrected chi connectivity index (χ2v) is 5.76. The Kier molecular flexibility index (Phi) is 5.99. The Hall–Kier alpha value is -2.27. The van der Waals surface area contributed by atoms with Crippen LogP contribution in [0.2, 0.25) is 0 Å². The van der Waals surface area contributed by atoms with Gasteiger partial charge < -0.3 is 10.4 Å². The first kappa shape index (κ1) is 16.8. The molecule has 6 nitrogen and oxygen atoms in total. The number of aliphatic carboxylic acids is 1. The minimum absolute atomic E-state index is 0.163. The van der Waals surface area contributed by atoms with Crippen molar-refractivity contribution in [1.29, 1.82) is 5.26 Å². The standard InChI is InChI=1S/C13H13FN2O4S/c1-8(17)16-12(13(18)19)7-21(20)6-10-4-11(14)3-2-9(10)5-15/h2-4,12H,6-7H2,1H3,(H,16,17)(H,18,19)/t12-,21?/m0/s1. The Labute approximate surface area is 123 Å². The van der Waals surface area contributed by atoms with Crippen LogP contribution in [0.1, 0.15) is 18.1 Å². The highest BCUT2D eigenvalue weighted by Crippen LogP contribution is 2.13. The Morgan fingerprint density at radius 1 is 1.52 bits per heavy atom. The number of nitrogens with one attached hydrogen (secondary N) is 1. The van der Waals surface area contributed by atoms with Crippen molar-refractivity contribution in [2.75, 3.05) is 5.75 Å². The van der Waals surface area contributed by atoms with Crippen LogP contribution in [-0.4, -0.2) is 33.0 Å². The number of hydrogen-bond donors (Lipinski definition) is 2. The van der Waals surface area contributed by atoms with E-state index in [0.717, 1.165) is 19.1 Å². The third-order valence-electron chi connectivity index (χ3n) is 2.53. The summed E-state index contributed by atoms with van der Waals surface area (Å²) < 4.78 is 25.1. The predicted molar refractivity (Wildman–Crippen MR) is 73.1 cm³/mol. The molecule has 8 heteroatoms. The van der Waals surface area contributed by atoms with E-state index in [1.807, 2.05) is 6.07 Å². The molecule has 0 aliphatic rings. The van der Waals surface area contributed by atoms with E-state index in [-0.39, 0.29) is 22.6 Å². The first-order valence-electron chi connectivity index (χ1n) is 5.87. The van der Waals surface area contributed by atoms with Crippen LogP contribution in [0.4, 0.5) is 4.39 Å². The molecule has 112 valence electrons. The third-order valence-corrected chi connectivity index (χ3v) is 3.87. The highest BCUT2D eigenvalue weighted by Gasteiger charge is 2.22. The van der Waals surface area contributed by atoms with Gasteiger partial charge in [-0.2, -0.15) is 5.26 Å². The van der Waals surface area contributed by atoms with Gasteiger partial charge in [-0.3, -0.25) is 9.00 Å². The van der Waals surface area contributed by atoms with Gasteiger partial charge in [-0.1, -0.05) is 0 Å².